The van der Waals surface area contributed by atoms with E-state index < -0.39 is 11.9 Å². The second-order valence-electron chi connectivity index (χ2n) is 4.62. The zero-order chi connectivity index (χ0) is 17.0. The molecule has 10 heteroatoms. The van der Waals surface area contributed by atoms with Crippen LogP contribution in [0.25, 0.3) is 0 Å². The van der Waals surface area contributed by atoms with Crippen molar-refractivity contribution < 1.29 is 26.4 Å². The van der Waals surface area contributed by atoms with Gasteiger partial charge >= 0.3 is 0 Å². The SMILES string of the molecule is C[N+](C)(S)S.C[N+](C)(S)S.O=C([O-])CCCCC(=O)[O-]. The Morgan fingerprint density at radius 3 is 1.00 bits per heavy atom. The molecular formula is C10H24N2O4S4. The number of thiol groups is 4. The van der Waals surface area contributed by atoms with Gasteiger partial charge in [-0.2, -0.15) is 0 Å². The third kappa shape index (κ3) is 103. The van der Waals surface area contributed by atoms with E-state index in [4.69, 9.17) is 0 Å². The highest BCUT2D eigenvalue weighted by Crippen LogP contribution is 2.03. The summed E-state index contributed by atoms with van der Waals surface area (Å²) >= 11 is 15.7. The lowest BCUT2D eigenvalue weighted by molar-refractivity contribution is -0.583. The monoisotopic (exact) mass is 364 g/mol. The van der Waals surface area contributed by atoms with Gasteiger partial charge in [0, 0.05) is 11.9 Å². The molecule has 0 aromatic heterocycles. The number of rotatable bonds is 5. The standard InChI is InChI=1S/C6H10O4.2C2H8NS2/c7-5(8)3-1-2-4-6(9)10;2*1-3(2,4)5/h1-4H2,(H,7,8)(H,9,10);2*4-5H,1-2H3/q;2*+1/p-2. The molecule has 0 aromatic rings. The first-order valence-electron chi connectivity index (χ1n) is 5.61. The Kier molecular flexibility index (Phi) is 16.3. The Bertz CT molecular complexity index is 237. The molecule has 0 aromatic carbocycles. The number of carbonyl (C=O) groups excluding carboxylic acids is 2. The normalized spacial score (nSPS) is 10.6. The maximum absolute atomic E-state index is 9.77. The molecule has 0 saturated carbocycles. The quantitative estimate of drug-likeness (QED) is 0.303. The number of unbranched alkanes of at least 4 members (excludes halogenated alkanes) is 1. The van der Waals surface area contributed by atoms with Crippen LogP contribution in [0.5, 0.6) is 0 Å². The fourth-order valence-corrected chi connectivity index (χ4v) is 0.539. The Morgan fingerprint density at radius 1 is 0.750 bits per heavy atom. The van der Waals surface area contributed by atoms with Gasteiger partial charge in [0.1, 0.15) is 0 Å². The summed E-state index contributed by atoms with van der Waals surface area (Å²) in [6.07, 6.45) is 0.535. The van der Waals surface area contributed by atoms with Crippen molar-refractivity contribution in [1.82, 2.24) is 0 Å². The van der Waals surface area contributed by atoms with Gasteiger partial charge in [0.2, 0.25) is 0 Å². The van der Waals surface area contributed by atoms with Crippen LogP contribution in [0.1, 0.15) is 25.7 Å². The topological polar surface area (TPSA) is 80.3 Å². The molecule has 0 radical (unpaired) electrons. The van der Waals surface area contributed by atoms with Gasteiger partial charge < -0.3 is 19.8 Å². The summed E-state index contributed by atoms with van der Waals surface area (Å²) in [4.78, 5) is 19.5. The van der Waals surface area contributed by atoms with Gasteiger partial charge in [-0.3, -0.25) is 0 Å². The van der Waals surface area contributed by atoms with Crippen molar-refractivity contribution in [1.29, 1.82) is 0 Å². The first kappa shape index (κ1) is 25.2. The number of hydrogen-bond acceptors (Lipinski definition) is 8. The zero-order valence-corrected chi connectivity index (χ0v) is 15.7. The highest BCUT2D eigenvalue weighted by Gasteiger charge is 1.95. The fraction of sp³-hybridized carbons (Fsp3) is 0.800. The summed E-state index contributed by atoms with van der Waals surface area (Å²) < 4.78 is 0.778. The number of hydrogen-bond donors (Lipinski definition) is 4. The Labute approximate surface area is 143 Å². The maximum Gasteiger partial charge on any atom is 0.0892 e. The van der Waals surface area contributed by atoms with Crippen LogP contribution in [0.3, 0.4) is 0 Å². The van der Waals surface area contributed by atoms with Crippen LogP contribution < -0.4 is 10.2 Å². The van der Waals surface area contributed by atoms with Crippen molar-refractivity contribution in [3.05, 3.63) is 0 Å². The Balaban J connectivity index is -0.000000244. The summed E-state index contributed by atoms with van der Waals surface area (Å²) in [6, 6.07) is 0. The largest absolute Gasteiger partial charge is 0.550 e. The van der Waals surface area contributed by atoms with E-state index in [1.807, 2.05) is 28.2 Å². The molecular weight excluding hydrogens is 340 g/mol. The lowest BCUT2D eigenvalue weighted by atomic mass is 10.2. The minimum Gasteiger partial charge on any atom is -0.550 e. The number of quaternary nitrogens is 2. The highest BCUT2D eigenvalue weighted by molar-refractivity contribution is 7.87. The third-order valence-corrected chi connectivity index (χ3v) is 1.01. The Morgan fingerprint density at radius 2 is 0.900 bits per heavy atom. The maximum atomic E-state index is 9.77. The molecule has 6 nitrogen and oxygen atoms in total. The predicted molar refractivity (Wildman–Crippen MR) is 88.6 cm³/mol. The lowest BCUT2D eigenvalue weighted by Crippen LogP contribution is -2.23. The number of aliphatic carboxylic acids is 2. The molecule has 0 amide bonds. The van der Waals surface area contributed by atoms with Gasteiger partial charge in [-0.15, -0.1) is 0 Å². The minimum absolute atomic E-state index is 0.0761. The summed E-state index contributed by atoms with van der Waals surface area (Å²) in [5.41, 5.74) is 0. The van der Waals surface area contributed by atoms with E-state index in [1.165, 1.54) is 0 Å². The molecule has 0 spiro atoms. The average Bonchev–Trinajstić information content (AvgIpc) is 2.06. The lowest BCUT2D eigenvalue weighted by Gasteiger charge is -2.07. The molecule has 122 valence electrons. The molecule has 0 unspecified atom stereocenters. The van der Waals surface area contributed by atoms with Crippen LogP contribution in [0.2, 0.25) is 0 Å². The molecule has 0 rings (SSSR count). The molecule has 0 aliphatic heterocycles. The van der Waals surface area contributed by atoms with E-state index in [0.29, 0.717) is 19.4 Å². The number of carboxylic acid groups (broad SMARTS) is 2. The van der Waals surface area contributed by atoms with E-state index in [9.17, 15) is 19.8 Å². The average molecular weight is 365 g/mol. The first-order valence-corrected chi connectivity index (χ1v) is 7.21. The van der Waals surface area contributed by atoms with Gasteiger partial charge in [0.25, 0.3) is 0 Å². The number of carbonyl (C=O) groups is 2. The minimum atomic E-state index is -1.14. The van der Waals surface area contributed by atoms with Crippen LogP contribution >= 0.6 is 51.3 Å². The molecule has 0 saturated heterocycles. The predicted octanol–water partition coefficient (Wildman–Crippen LogP) is -0.449. The van der Waals surface area contributed by atoms with E-state index in [0.717, 1.165) is 0 Å². The highest BCUT2D eigenvalue weighted by atomic mass is 32.2. The van der Waals surface area contributed by atoms with E-state index in [2.05, 4.69) is 51.3 Å². The second kappa shape index (κ2) is 13.0. The summed E-state index contributed by atoms with van der Waals surface area (Å²) in [7, 11) is 7.41. The van der Waals surface area contributed by atoms with Gasteiger partial charge in [-0.05, 0) is 25.7 Å². The van der Waals surface area contributed by atoms with Crippen LogP contribution in [0.4, 0.5) is 0 Å². The molecule has 0 atom stereocenters. The zero-order valence-electron chi connectivity index (χ0n) is 12.1. The molecule has 0 heterocycles. The second-order valence-corrected chi connectivity index (χ2v) is 9.26. The van der Waals surface area contributed by atoms with Crippen LogP contribution in [0.15, 0.2) is 0 Å². The molecule has 0 bridgehead atoms. The van der Waals surface area contributed by atoms with Gasteiger partial charge in [-0.25, -0.2) is 6.59 Å². The molecule has 0 fully saturated rings. The molecule has 20 heavy (non-hydrogen) atoms. The fourth-order valence-electron chi connectivity index (χ4n) is 0.539. The Hall–Kier alpha value is 0.260. The van der Waals surface area contributed by atoms with Gasteiger partial charge in [-0.1, -0.05) is 0 Å². The first-order chi connectivity index (χ1) is 8.63. The van der Waals surface area contributed by atoms with Gasteiger partial charge in [0.05, 0.1) is 79.4 Å². The van der Waals surface area contributed by atoms with E-state index >= 15 is 0 Å². The van der Waals surface area contributed by atoms with Crippen molar-refractivity contribution in [2.75, 3.05) is 28.2 Å². The molecule has 0 aliphatic rings. The van der Waals surface area contributed by atoms with Crippen molar-refractivity contribution in [3.8, 4) is 0 Å². The van der Waals surface area contributed by atoms with E-state index in [1.54, 1.807) is 0 Å². The summed E-state index contributed by atoms with van der Waals surface area (Å²) in [5, 5.41) is 19.5. The van der Waals surface area contributed by atoms with Crippen molar-refractivity contribution >= 4 is 63.2 Å². The third-order valence-electron chi connectivity index (χ3n) is 1.01. The summed E-state index contributed by atoms with van der Waals surface area (Å²) in [5.74, 6) is -2.28. The van der Waals surface area contributed by atoms with Crippen LogP contribution in [-0.2, 0) is 9.59 Å². The van der Waals surface area contributed by atoms with Crippen molar-refractivity contribution in [2.24, 2.45) is 0 Å². The number of carboxylic acids is 2. The van der Waals surface area contributed by atoms with Crippen LogP contribution in [-0.4, -0.2) is 46.7 Å². The smallest absolute Gasteiger partial charge is 0.0892 e. The van der Waals surface area contributed by atoms with Gasteiger partial charge in [0.15, 0.2) is 0 Å². The number of nitrogens with zero attached hydrogens (tertiary/aromatic N) is 2. The van der Waals surface area contributed by atoms with Crippen molar-refractivity contribution in [3.63, 3.8) is 0 Å². The van der Waals surface area contributed by atoms with E-state index in [-0.39, 0.29) is 12.8 Å². The summed E-state index contributed by atoms with van der Waals surface area (Å²) in [6.45, 7) is 0. The van der Waals surface area contributed by atoms with Crippen molar-refractivity contribution in [2.45, 2.75) is 25.7 Å². The molecule has 0 aliphatic carbocycles. The van der Waals surface area contributed by atoms with Crippen LogP contribution in [0, 0.1) is 0 Å². The molecule has 0 N–H and O–H groups in total.